The highest BCUT2D eigenvalue weighted by atomic mass is 16.7. The fourth-order valence-electron chi connectivity index (χ4n) is 2.43. The van der Waals surface area contributed by atoms with Crippen molar-refractivity contribution in [2.24, 2.45) is 0 Å². The molecule has 9 heteroatoms. The molecule has 0 unspecified atom stereocenters. The maximum Gasteiger partial charge on any atom is 0.338 e. The summed E-state index contributed by atoms with van der Waals surface area (Å²) in [5, 5.41) is 48.6. The van der Waals surface area contributed by atoms with Gasteiger partial charge >= 0.3 is 5.97 Å². The summed E-state index contributed by atoms with van der Waals surface area (Å²) < 4.78 is 15.6. The second-order valence-electron chi connectivity index (χ2n) is 5.99. The lowest BCUT2D eigenvalue weighted by Gasteiger charge is -2.39. The second kappa shape index (κ2) is 9.15. The Balaban J connectivity index is 2.06. The largest absolute Gasteiger partial charge is 0.504 e. The molecule has 1 aliphatic heterocycles. The monoisotopic (exact) mass is 372 g/mol. The van der Waals surface area contributed by atoms with Crippen molar-refractivity contribution in [1.82, 2.24) is 0 Å². The average molecular weight is 372 g/mol. The summed E-state index contributed by atoms with van der Waals surface area (Å²) in [5.74, 6) is -1.10. The van der Waals surface area contributed by atoms with Crippen molar-refractivity contribution < 1.29 is 44.5 Å². The number of phenols is 1. The van der Waals surface area contributed by atoms with Gasteiger partial charge in [-0.1, -0.05) is 13.3 Å². The van der Waals surface area contributed by atoms with Gasteiger partial charge in [-0.3, -0.25) is 0 Å². The summed E-state index contributed by atoms with van der Waals surface area (Å²) in [6, 6.07) is 3.80. The van der Waals surface area contributed by atoms with Gasteiger partial charge in [0.15, 0.2) is 11.5 Å². The Bertz CT molecular complexity index is 604. The summed E-state index contributed by atoms with van der Waals surface area (Å²) in [6.45, 7) is 1.64. The first-order chi connectivity index (χ1) is 12.4. The van der Waals surface area contributed by atoms with Gasteiger partial charge in [0.2, 0.25) is 6.29 Å². The number of carbonyl (C=O) groups excluding carboxylic acids is 1. The zero-order valence-corrected chi connectivity index (χ0v) is 14.3. The zero-order valence-electron chi connectivity index (χ0n) is 14.3. The number of aromatic hydroxyl groups is 1. The minimum Gasteiger partial charge on any atom is -0.504 e. The van der Waals surface area contributed by atoms with Crippen LogP contribution >= 0.6 is 0 Å². The number of hydrogen-bond acceptors (Lipinski definition) is 9. The first kappa shape index (κ1) is 20.4. The van der Waals surface area contributed by atoms with Crippen molar-refractivity contribution in [3.63, 3.8) is 0 Å². The Labute approximate surface area is 150 Å². The van der Waals surface area contributed by atoms with Gasteiger partial charge in [-0.05, 0) is 24.6 Å². The molecule has 26 heavy (non-hydrogen) atoms. The smallest absolute Gasteiger partial charge is 0.338 e. The van der Waals surface area contributed by atoms with Crippen LogP contribution in [0.3, 0.4) is 0 Å². The van der Waals surface area contributed by atoms with Crippen molar-refractivity contribution in [2.75, 3.05) is 13.2 Å². The lowest BCUT2D eigenvalue weighted by Crippen LogP contribution is -2.60. The van der Waals surface area contributed by atoms with E-state index < -0.39 is 49.0 Å². The molecule has 0 saturated carbocycles. The van der Waals surface area contributed by atoms with E-state index in [0.29, 0.717) is 0 Å². The Kier molecular flexibility index (Phi) is 7.18. The Hall–Kier alpha value is -1.91. The molecule has 1 saturated heterocycles. The van der Waals surface area contributed by atoms with Gasteiger partial charge in [0.25, 0.3) is 0 Å². The number of benzene rings is 1. The Morgan fingerprint density at radius 1 is 1.19 bits per heavy atom. The quantitative estimate of drug-likeness (QED) is 0.316. The SMILES string of the molecule is CCCCOC(=O)c1ccc(O[C@@H]2O[C@H](CO)[C@@H](O)[C@H](O)[C@H]2O)c(O)c1. The number of ether oxygens (including phenoxy) is 3. The van der Waals surface area contributed by atoms with Crippen molar-refractivity contribution >= 4 is 5.97 Å². The van der Waals surface area contributed by atoms with Gasteiger partial charge in [0.05, 0.1) is 18.8 Å². The fraction of sp³-hybridized carbons (Fsp3) is 0.588. The predicted octanol–water partition coefficient (Wildman–Crippen LogP) is -0.472. The van der Waals surface area contributed by atoms with Crippen molar-refractivity contribution in [2.45, 2.75) is 50.5 Å². The molecular weight excluding hydrogens is 348 g/mol. The molecule has 0 aromatic heterocycles. The molecule has 9 nitrogen and oxygen atoms in total. The molecule has 1 aliphatic rings. The van der Waals surface area contributed by atoms with Crippen LogP contribution in [0.25, 0.3) is 0 Å². The van der Waals surface area contributed by atoms with E-state index >= 15 is 0 Å². The molecule has 1 fully saturated rings. The summed E-state index contributed by atoms with van der Waals surface area (Å²) >= 11 is 0. The molecule has 1 aromatic carbocycles. The third kappa shape index (κ3) is 4.63. The third-order valence-corrected chi connectivity index (χ3v) is 4.02. The highest BCUT2D eigenvalue weighted by Crippen LogP contribution is 2.31. The minimum absolute atomic E-state index is 0.112. The number of carbonyl (C=O) groups is 1. The van der Waals surface area contributed by atoms with Gasteiger partial charge in [-0.2, -0.15) is 0 Å². The van der Waals surface area contributed by atoms with Crippen molar-refractivity contribution in [1.29, 1.82) is 0 Å². The van der Waals surface area contributed by atoms with Crippen LogP contribution in [0.4, 0.5) is 0 Å². The molecular formula is C17H24O9. The molecule has 1 aromatic rings. The maximum atomic E-state index is 11.9. The van der Waals surface area contributed by atoms with E-state index in [1.54, 1.807) is 0 Å². The van der Waals surface area contributed by atoms with E-state index in [2.05, 4.69) is 0 Å². The van der Waals surface area contributed by atoms with Crippen LogP contribution in [0.5, 0.6) is 11.5 Å². The summed E-state index contributed by atoms with van der Waals surface area (Å²) in [7, 11) is 0. The molecule has 5 atom stereocenters. The maximum absolute atomic E-state index is 11.9. The normalized spacial score (nSPS) is 28.6. The number of hydrogen-bond donors (Lipinski definition) is 5. The molecule has 2 rings (SSSR count). The van der Waals surface area contributed by atoms with Crippen molar-refractivity contribution in [3.05, 3.63) is 23.8 Å². The highest BCUT2D eigenvalue weighted by molar-refractivity contribution is 5.90. The van der Waals surface area contributed by atoms with Gasteiger partial charge in [-0.25, -0.2) is 4.79 Å². The van der Waals surface area contributed by atoms with Gasteiger partial charge in [-0.15, -0.1) is 0 Å². The number of esters is 1. The molecule has 0 bridgehead atoms. The first-order valence-electron chi connectivity index (χ1n) is 8.36. The van der Waals surface area contributed by atoms with Gasteiger partial charge in [0, 0.05) is 0 Å². The topological polar surface area (TPSA) is 146 Å². The molecule has 146 valence electrons. The van der Waals surface area contributed by atoms with Crippen LogP contribution in [0.1, 0.15) is 30.1 Å². The number of aliphatic hydroxyl groups excluding tert-OH is 4. The predicted molar refractivity (Wildman–Crippen MR) is 87.7 cm³/mol. The summed E-state index contributed by atoms with van der Waals surface area (Å²) in [5.41, 5.74) is 0.125. The zero-order chi connectivity index (χ0) is 19.3. The molecule has 0 spiro atoms. The van der Waals surface area contributed by atoms with Gasteiger partial charge in [0.1, 0.15) is 24.4 Å². The van der Waals surface area contributed by atoms with E-state index in [1.165, 1.54) is 12.1 Å². The number of phenolic OH excluding ortho intramolecular Hbond substituents is 1. The molecule has 0 aliphatic carbocycles. The lowest BCUT2D eigenvalue weighted by atomic mass is 9.99. The van der Waals surface area contributed by atoms with E-state index in [9.17, 15) is 25.2 Å². The average Bonchev–Trinajstić information content (AvgIpc) is 2.63. The Morgan fingerprint density at radius 2 is 1.92 bits per heavy atom. The lowest BCUT2D eigenvalue weighted by molar-refractivity contribution is -0.277. The molecule has 0 radical (unpaired) electrons. The van der Waals surface area contributed by atoms with E-state index in [1.807, 2.05) is 6.92 Å². The number of unbranched alkanes of at least 4 members (excludes halogenated alkanes) is 1. The second-order valence-corrected chi connectivity index (χ2v) is 5.99. The van der Waals surface area contributed by atoms with Crippen LogP contribution in [0.15, 0.2) is 18.2 Å². The van der Waals surface area contributed by atoms with Crippen LogP contribution < -0.4 is 4.74 Å². The summed E-state index contributed by atoms with van der Waals surface area (Å²) in [4.78, 5) is 11.9. The minimum atomic E-state index is -1.61. The first-order valence-corrected chi connectivity index (χ1v) is 8.36. The van der Waals surface area contributed by atoms with E-state index in [-0.39, 0.29) is 17.9 Å². The highest BCUT2D eigenvalue weighted by Gasteiger charge is 2.44. The third-order valence-electron chi connectivity index (χ3n) is 4.02. The molecule has 5 N–H and O–H groups in total. The van der Waals surface area contributed by atoms with Crippen LogP contribution in [0, 0.1) is 0 Å². The van der Waals surface area contributed by atoms with E-state index in [4.69, 9.17) is 19.3 Å². The van der Waals surface area contributed by atoms with Crippen molar-refractivity contribution in [3.8, 4) is 11.5 Å². The van der Waals surface area contributed by atoms with Crippen LogP contribution in [0.2, 0.25) is 0 Å². The number of rotatable bonds is 7. The molecule has 0 amide bonds. The van der Waals surface area contributed by atoms with Crippen LogP contribution in [-0.4, -0.2) is 75.4 Å². The van der Waals surface area contributed by atoms with Gasteiger partial charge < -0.3 is 39.7 Å². The molecule has 1 heterocycles. The van der Waals surface area contributed by atoms with E-state index in [0.717, 1.165) is 18.9 Å². The standard InChI is InChI=1S/C17H24O9/c1-2-3-6-24-16(23)9-4-5-11(10(19)7-9)25-17-15(22)14(21)13(20)12(8-18)26-17/h4-5,7,12-15,17-22H,2-3,6,8H2,1H3/t12-,13-,14+,15-,17-/m1/s1. The fourth-order valence-corrected chi connectivity index (χ4v) is 2.43. The number of aliphatic hydroxyl groups is 4. The summed E-state index contributed by atoms with van der Waals surface area (Å²) in [6.07, 6.45) is -5.66. The Morgan fingerprint density at radius 3 is 2.54 bits per heavy atom. The van der Waals surface area contributed by atoms with Crippen LogP contribution in [-0.2, 0) is 9.47 Å².